The molecule has 9 heteroatoms. The predicted molar refractivity (Wildman–Crippen MR) is 113 cm³/mol. The molecule has 0 aliphatic rings. The van der Waals surface area contributed by atoms with Gasteiger partial charge in [0, 0.05) is 5.56 Å². The molecule has 9 nitrogen and oxygen atoms in total. The summed E-state index contributed by atoms with van der Waals surface area (Å²) in [6.45, 7) is 3.76. The second-order valence-electron chi connectivity index (χ2n) is 7.01. The fourth-order valence-corrected chi connectivity index (χ4v) is 3.45. The molecule has 0 radical (unpaired) electrons. The number of nitrogens with zero attached hydrogens (tertiary/aromatic N) is 3. The number of fused-ring (bicyclic) bond motifs is 1. The topological polar surface area (TPSA) is 112 Å². The lowest BCUT2D eigenvalue weighted by Gasteiger charge is -2.17. The number of nitrogens with one attached hydrogen (secondary N) is 1. The van der Waals surface area contributed by atoms with Crippen LogP contribution < -0.4 is 15.6 Å². The van der Waals surface area contributed by atoms with E-state index in [1.54, 1.807) is 38.3 Å². The van der Waals surface area contributed by atoms with Crippen LogP contribution in [-0.2, 0) is 11.3 Å². The quantitative estimate of drug-likeness (QED) is 0.486. The maximum absolute atomic E-state index is 13.1. The smallest absolute Gasteiger partial charge is 0.297 e. The lowest BCUT2D eigenvalue weighted by atomic mass is 10.1. The summed E-state index contributed by atoms with van der Waals surface area (Å²) in [6, 6.07) is 9.95. The molecular formula is C22H22N4O5. The molecule has 0 fully saturated rings. The number of hydrogen-bond acceptors (Lipinski definition) is 7. The standard InChI is InChI=1S/C22H22N4O5/c1-4-17(21(27)23-12-16-6-5-11-30-16)26-22(28)20-18(13(2)31-25-20)19(24-26)14-7-9-15(29-3)10-8-14/h5-11,17H,4,12H2,1-3H3,(H,23,27). The fraction of sp³-hybridized carbons (Fsp3) is 0.273. The van der Waals surface area contributed by atoms with Crippen molar-refractivity contribution in [1.82, 2.24) is 20.3 Å². The molecule has 4 aromatic rings. The largest absolute Gasteiger partial charge is 0.497 e. The number of rotatable bonds is 7. The Balaban J connectivity index is 1.78. The average molecular weight is 422 g/mol. The lowest BCUT2D eigenvalue weighted by Crippen LogP contribution is -2.38. The van der Waals surface area contributed by atoms with E-state index in [1.807, 2.05) is 19.1 Å². The van der Waals surface area contributed by atoms with Crippen LogP contribution in [0.1, 0.15) is 30.9 Å². The summed E-state index contributed by atoms with van der Waals surface area (Å²) in [6.07, 6.45) is 1.90. The van der Waals surface area contributed by atoms with Gasteiger partial charge < -0.3 is 19.0 Å². The Bertz CT molecular complexity index is 1260. The normalized spacial score (nSPS) is 12.1. The Morgan fingerprint density at radius 2 is 2.03 bits per heavy atom. The molecule has 0 spiro atoms. The molecule has 0 aliphatic heterocycles. The van der Waals surface area contributed by atoms with Crippen molar-refractivity contribution < 1.29 is 18.5 Å². The van der Waals surface area contributed by atoms with E-state index in [1.165, 1.54) is 10.9 Å². The molecule has 1 atom stereocenters. The zero-order chi connectivity index (χ0) is 22.0. The first kappa shape index (κ1) is 20.4. The minimum Gasteiger partial charge on any atom is -0.497 e. The molecule has 0 bridgehead atoms. The number of hydrogen-bond donors (Lipinski definition) is 1. The number of methoxy groups -OCH3 is 1. The molecule has 3 heterocycles. The Kier molecular flexibility index (Phi) is 5.57. The molecule has 0 aliphatic carbocycles. The number of aryl methyl sites for hydroxylation is 1. The second kappa shape index (κ2) is 8.47. The van der Waals surface area contributed by atoms with Gasteiger partial charge in [0.15, 0.2) is 5.52 Å². The number of carbonyl (C=O) groups is 1. The summed E-state index contributed by atoms with van der Waals surface area (Å²) in [7, 11) is 1.59. The van der Waals surface area contributed by atoms with Gasteiger partial charge in [0.2, 0.25) is 5.91 Å². The van der Waals surface area contributed by atoms with Crippen LogP contribution in [0.5, 0.6) is 5.75 Å². The van der Waals surface area contributed by atoms with E-state index in [-0.39, 0.29) is 18.0 Å². The molecule has 0 saturated heterocycles. The highest BCUT2D eigenvalue weighted by atomic mass is 16.5. The van der Waals surface area contributed by atoms with Gasteiger partial charge in [-0.2, -0.15) is 5.10 Å². The van der Waals surface area contributed by atoms with Crippen LogP contribution in [0, 0.1) is 6.92 Å². The first-order valence-electron chi connectivity index (χ1n) is 9.86. The third kappa shape index (κ3) is 3.81. The summed E-state index contributed by atoms with van der Waals surface area (Å²) in [5.74, 6) is 1.45. The van der Waals surface area contributed by atoms with Gasteiger partial charge in [-0.3, -0.25) is 9.59 Å². The minimum atomic E-state index is -0.819. The third-order valence-electron chi connectivity index (χ3n) is 5.08. The van der Waals surface area contributed by atoms with Crippen molar-refractivity contribution in [3.63, 3.8) is 0 Å². The first-order valence-corrected chi connectivity index (χ1v) is 9.86. The van der Waals surface area contributed by atoms with Crippen molar-refractivity contribution in [3.05, 3.63) is 64.5 Å². The van der Waals surface area contributed by atoms with Gasteiger partial charge in [0.05, 0.1) is 25.3 Å². The summed E-state index contributed by atoms with van der Waals surface area (Å²) >= 11 is 0. The number of aromatic nitrogens is 3. The van der Waals surface area contributed by atoms with E-state index in [9.17, 15) is 9.59 Å². The van der Waals surface area contributed by atoms with Crippen molar-refractivity contribution in [1.29, 1.82) is 0 Å². The number of benzene rings is 1. The molecule has 4 rings (SSSR count). The van der Waals surface area contributed by atoms with Crippen molar-refractivity contribution in [2.45, 2.75) is 32.9 Å². The molecule has 0 saturated carbocycles. The van der Waals surface area contributed by atoms with Gasteiger partial charge >= 0.3 is 0 Å². The number of ether oxygens (including phenoxy) is 1. The average Bonchev–Trinajstić information content (AvgIpc) is 3.45. The van der Waals surface area contributed by atoms with Crippen LogP contribution in [0.2, 0.25) is 0 Å². The number of amides is 1. The molecule has 1 amide bonds. The lowest BCUT2D eigenvalue weighted by molar-refractivity contribution is -0.125. The molecule has 160 valence electrons. The fourth-order valence-electron chi connectivity index (χ4n) is 3.45. The van der Waals surface area contributed by atoms with Crippen molar-refractivity contribution in [2.75, 3.05) is 7.11 Å². The van der Waals surface area contributed by atoms with E-state index in [0.717, 1.165) is 5.56 Å². The summed E-state index contributed by atoms with van der Waals surface area (Å²) in [5.41, 5.74) is 0.907. The van der Waals surface area contributed by atoms with Crippen LogP contribution in [0.15, 0.2) is 56.4 Å². The SMILES string of the molecule is CCC(C(=O)NCc1ccco1)n1nc(-c2ccc(OC)cc2)c2c(C)onc2c1=O. The van der Waals surface area contributed by atoms with Crippen LogP contribution in [0.4, 0.5) is 0 Å². The van der Waals surface area contributed by atoms with E-state index >= 15 is 0 Å². The first-order chi connectivity index (χ1) is 15.0. The van der Waals surface area contributed by atoms with E-state index in [4.69, 9.17) is 13.7 Å². The number of carbonyl (C=O) groups excluding carboxylic acids is 1. The van der Waals surface area contributed by atoms with Gasteiger partial charge in [0.1, 0.15) is 29.0 Å². The van der Waals surface area contributed by atoms with E-state index in [2.05, 4.69) is 15.6 Å². The highest BCUT2D eigenvalue weighted by Crippen LogP contribution is 2.29. The Hall–Kier alpha value is -3.88. The molecule has 31 heavy (non-hydrogen) atoms. The molecule has 1 N–H and O–H groups in total. The van der Waals surface area contributed by atoms with Crippen LogP contribution in [0.3, 0.4) is 0 Å². The summed E-state index contributed by atoms with van der Waals surface area (Å²) < 4.78 is 16.9. The van der Waals surface area contributed by atoms with Gasteiger partial charge in [-0.05, 0) is 49.7 Å². The van der Waals surface area contributed by atoms with E-state index in [0.29, 0.717) is 34.8 Å². The highest BCUT2D eigenvalue weighted by Gasteiger charge is 2.26. The van der Waals surface area contributed by atoms with Gasteiger partial charge in [-0.25, -0.2) is 4.68 Å². The second-order valence-corrected chi connectivity index (χ2v) is 7.01. The molecule has 3 aromatic heterocycles. The van der Waals surface area contributed by atoms with Crippen molar-refractivity contribution in [3.8, 4) is 17.0 Å². The van der Waals surface area contributed by atoms with E-state index < -0.39 is 11.6 Å². The van der Waals surface area contributed by atoms with Gasteiger partial charge in [-0.15, -0.1) is 0 Å². The highest BCUT2D eigenvalue weighted by molar-refractivity contribution is 5.93. The Morgan fingerprint density at radius 3 is 2.68 bits per heavy atom. The van der Waals surface area contributed by atoms with Crippen LogP contribution in [0.25, 0.3) is 22.2 Å². The zero-order valence-corrected chi connectivity index (χ0v) is 17.4. The monoisotopic (exact) mass is 422 g/mol. The predicted octanol–water partition coefficient (Wildman–Crippen LogP) is 3.23. The Morgan fingerprint density at radius 1 is 1.26 bits per heavy atom. The maximum Gasteiger partial charge on any atom is 0.297 e. The summed E-state index contributed by atoms with van der Waals surface area (Å²) in [4.78, 5) is 26.0. The number of furan rings is 1. The molecule has 1 unspecified atom stereocenters. The Labute approximate surface area is 177 Å². The van der Waals surface area contributed by atoms with Gasteiger partial charge in [-0.1, -0.05) is 12.1 Å². The molecule has 1 aromatic carbocycles. The third-order valence-corrected chi connectivity index (χ3v) is 5.08. The summed E-state index contributed by atoms with van der Waals surface area (Å²) in [5, 5.41) is 11.8. The van der Waals surface area contributed by atoms with Crippen LogP contribution in [-0.4, -0.2) is 28.0 Å². The van der Waals surface area contributed by atoms with Crippen molar-refractivity contribution in [2.24, 2.45) is 0 Å². The van der Waals surface area contributed by atoms with Crippen LogP contribution >= 0.6 is 0 Å². The molecular weight excluding hydrogens is 400 g/mol. The van der Waals surface area contributed by atoms with Crippen molar-refractivity contribution >= 4 is 16.8 Å². The van der Waals surface area contributed by atoms with Gasteiger partial charge in [0.25, 0.3) is 5.56 Å². The minimum absolute atomic E-state index is 0.135. The zero-order valence-electron chi connectivity index (χ0n) is 17.4. The maximum atomic E-state index is 13.1.